The van der Waals surface area contributed by atoms with E-state index >= 15 is 0 Å². The van der Waals surface area contributed by atoms with Gasteiger partial charge in [0.15, 0.2) is 0 Å². The molecular weight excluding hydrogens is 348 g/mol. The normalized spacial score (nSPS) is 15.0. The minimum atomic E-state index is -0.411. The lowest BCUT2D eigenvalue weighted by molar-refractivity contribution is 0.123. The van der Waals surface area contributed by atoms with Crippen LogP contribution in [0.3, 0.4) is 0 Å². The molecule has 1 saturated heterocycles. The smallest absolute Gasteiger partial charge is 0.406 e. The molecule has 0 bridgehead atoms. The molecule has 3 aromatic rings. The number of amides is 1. The van der Waals surface area contributed by atoms with Gasteiger partial charge in [0.05, 0.1) is 24.2 Å². The van der Waals surface area contributed by atoms with Gasteiger partial charge in [-0.05, 0) is 17.6 Å². The second-order valence-corrected chi connectivity index (χ2v) is 6.54. The molecule has 1 N–H and O–H groups in total. The fourth-order valence-electron chi connectivity index (χ4n) is 3.32. The highest BCUT2D eigenvalue weighted by Gasteiger charge is 2.32. The monoisotopic (exact) mass is 370 g/mol. The first kappa shape index (κ1) is 17.5. The highest BCUT2D eigenvalue weighted by molar-refractivity contribution is 5.83. The van der Waals surface area contributed by atoms with Crippen LogP contribution in [0.25, 0.3) is 16.9 Å². The van der Waals surface area contributed by atoms with Crippen LogP contribution in [0.15, 0.2) is 28.8 Å². The quantitative estimate of drug-likeness (QED) is 0.705. The lowest BCUT2D eigenvalue weighted by Crippen LogP contribution is -2.48. The Bertz CT molecular complexity index is 944. The van der Waals surface area contributed by atoms with Crippen molar-refractivity contribution in [2.45, 2.75) is 19.3 Å². The lowest BCUT2D eigenvalue weighted by atomic mass is 10.0. The van der Waals surface area contributed by atoms with Crippen molar-refractivity contribution >= 4 is 17.0 Å². The van der Waals surface area contributed by atoms with Crippen LogP contribution < -0.4 is 5.32 Å². The van der Waals surface area contributed by atoms with Gasteiger partial charge in [-0.3, -0.25) is 4.90 Å². The highest BCUT2D eigenvalue weighted by atomic mass is 16.5. The molecule has 9 nitrogen and oxygen atoms in total. The zero-order chi connectivity index (χ0) is 18.8. The predicted molar refractivity (Wildman–Crippen MR) is 97.9 cm³/mol. The number of para-hydroxylation sites is 1. The molecule has 27 heavy (non-hydrogen) atoms. The number of hydrogen-bond donors (Lipinski definition) is 1. The zero-order valence-corrected chi connectivity index (χ0v) is 15.4. The summed E-state index contributed by atoms with van der Waals surface area (Å²) in [6.07, 6.45) is 0.432. The Hall–Kier alpha value is -2.94. The first-order valence-corrected chi connectivity index (χ1v) is 9.04. The van der Waals surface area contributed by atoms with E-state index in [4.69, 9.17) is 4.52 Å². The maximum atomic E-state index is 11.0. The summed E-state index contributed by atoms with van der Waals surface area (Å²) in [4.78, 5) is 17.8. The number of ether oxygens (including phenoxy) is 1. The number of carbonyl (C=O) groups is 1. The summed E-state index contributed by atoms with van der Waals surface area (Å²) in [6.45, 7) is 5.04. The second-order valence-electron chi connectivity index (χ2n) is 6.54. The number of aromatic nitrogens is 4. The lowest BCUT2D eigenvalue weighted by Gasteiger charge is -2.36. The molecular formula is C18H22N6O3. The Morgan fingerprint density at radius 1 is 1.37 bits per heavy atom. The predicted octanol–water partition coefficient (Wildman–Crippen LogP) is 1.73. The second kappa shape index (κ2) is 7.36. The number of rotatable bonds is 6. The van der Waals surface area contributed by atoms with Gasteiger partial charge in [0.1, 0.15) is 0 Å². The van der Waals surface area contributed by atoms with Crippen LogP contribution in [0.2, 0.25) is 0 Å². The van der Waals surface area contributed by atoms with Crippen molar-refractivity contribution in [3.05, 3.63) is 35.9 Å². The van der Waals surface area contributed by atoms with Crippen molar-refractivity contribution in [3.8, 4) is 5.95 Å². The maximum Gasteiger partial charge on any atom is 0.406 e. The summed E-state index contributed by atoms with van der Waals surface area (Å²) in [5, 5.41) is 12.6. The van der Waals surface area contributed by atoms with Gasteiger partial charge in [-0.1, -0.05) is 25.1 Å². The van der Waals surface area contributed by atoms with Gasteiger partial charge in [0.2, 0.25) is 5.89 Å². The minimum Gasteiger partial charge on any atom is -0.453 e. The molecule has 1 aromatic carbocycles. The number of alkyl carbamates (subject to hydrolysis) is 1. The van der Waals surface area contributed by atoms with E-state index in [1.54, 1.807) is 4.68 Å². The molecule has 1 amide bonds. The molecule has 0 saturated carbocycles. The summed E-state index contributed by atoms with van der Waals surface area (Å²) in [6, 6.07) is 8.06. The summed E-state index contributed by atoms with van der Waals surface area (Å²) in [5.74, 6) is 1.29. The Morgan fingerprint density at radius 3 is 2.96 bits per heavy atom. The van der Waals surface area contributed by atoms with E-state index in [2.05, 4.69) is 43.2 Å². The molecule has 0 unspecified atom stereocenters. The molecule has 2 aromatic heterocycles. The van der Waals surface area contributed by atoms with E-state index in [9.17, 15) is 4.79 Å². The fraction of sp³-hybridized carbons (Fsp3) is 0.444. The van der Waals surface area contributed by atoms with E-state index in [-0.39, 0.29) is 5.92 Å². The number of fused-ring (bicyclic) bond motifs is 1. The molecule has 4 rings (SSSR count). The van der Waals surface area contributed by atoms with Gasteiger partial charge in [-0.15, -0.1) is 0 Å². The number of carbonyl (C=O) groups excluding carboxylic acids is 1. The number of nitrogens with zero attached hydrogens (tertiary/aromatic N) is 5. The van der Waals surface area contributed by atoms with Crippen LogP contribution in [0.1, 0.15) is 24.4 Å². The summed E-state index contributed by atoms with van der Waals surface area (Å²) in [5.41, 5.74) is 2.00. The maximum absolute atomic E-state index is 11.0. The Labute approximate surface area is 156 Å². The van der Waals surface area contributed by atoms with E-state index < -0.39 is 6.09 Å². The summed E-state index contributed by atoms with van der Waals surface area (Å²) >= 11 is 0. The molecule has 0 spiro atoms. The largest absolute Gasteiger partial charge is 0.453 e. The molecule has 142 valence electrons. The summed E-state index contributed by atoms with van der Waals surface area (Å²) in [7, 11) is 1.36. The standard InChI is InChI=1S/C18H22N6O3/c1-3-14-13-6-4-5-7-15(13)24(21-14)17-20-16(27-22-17)12-10-23(11-12)9-8-19-18(25)26-2/h4-7,12H,3,8-11H2,1-2H3,(H,19,25). The first-order valence-electron chi connectivity index (χ1n) is 9.04. The topological polar surface area (TPSA) is 98.3 Å². The van der Waals surface area contributed by atoms with Crippen LogP contribution in [0.5, 0.6) is 0 Å². The molecule has 1 aliphatic heterocycles. The van der Waals surface area contributed by atoms with Crippen molar-refractivity contribution in [2.75, 3.05) is 33.3 Å². The molecule has 0 aliphatic carbocycles. The van der Waals surface area contributed by atoms with Gasteiger partial charge in [-0.2, -0.15) is 14.8 Å². The minimum absolute atomic E-state index is 0.205. The number of aryl methyl sites for hydroxylation is 1. The third-order valence-corrected chi connectivity index (χ3v) is 4.81. The Balaban J connectivity index is 1.41. The highest BCUT2D eigenvalue weighted by Crippen LogP contribution is 2.27. The van der Waals surface area contributed by atoms with Gasteiger partial charge in [0.25, 0.3) is 5.95 Å². The number of methoxy groups -OCH3 is 1. The molecule has 0 atom stereocenters. The third kappa shape index (κ3) is 3.37. The van der Waals surface area contributed by atoms with E-state index in [1.807, 2.05) is 18.2 Å². The average Bonchev–Trinajstić information content (AvgIpc) is 3.27. The van der Waals surface area contributed by atoms with Crippen LogP contribution in [0.4, 0.5) is 4.79 Å². The molecule has 1 aliphatic rings. The zero-order valence-electron chi connectivity index (χ0n) is 15.4. The van der Waals surface area contributed by atoms with Gasteiger partial charge < -0.3 is 14.6 Å². The number of nitrogens with one attached hydrogen (secondary N) is 1. The van der Waals surface area contributed by atoms with Crippen molar-refractivity contribution in [2.24, 2.45) is 0 Å². The van der Waals surface area contributed by atoms with Crippen molar-refractivity contribution in [3.63, 3.8) is 0 Å². The SMILES string of the molecule is CCc1nn(-c2noc(C3CN(CCNC(=O)OC)C3)n2)c2ccccc12. The molecule has 9 heteroatoms. The van der Waals surface area contributed by atoms with Crippen molar-refractivity contribution in [1.29, 1.82) is 0 Å². The average molecular weight is 370 g/mol. The van der Waals surface area contributed by atoms with Gasteiger partial charge in [0, 0.05) is 31.6 Å². The number of hydrogen-bond acceptors (Lipinski definition) is 7. The van der Waals surface area contributed by atoms with E-state index in [0.29, 0.717) is 18.4 Å². The van der Waals surface area contributed by atoms with Crippen molar-refractivity contribution < 1.29 is 14.1 Å². The van der Waals surface area contributed by atoms with Gasteiger partial charge >= 0.3 is 6.09 Å². The van der Waals surface area contributed by atoms with Crippen molar-refractivity contribution in [1.82, 2.24) is 30.1 Å². The van der Waals surface area contributed by atoms with Crippen LogP contribution in [0, 0.1) is 0 Å². The molecule has 1 fully saturated rings. The molecule has 0 radical (unpaired) electrons. The third-order valence-electron chi connectivity index (χ3n) is 4.81. The number of likely N-dealkylation sites (tertiary alicyclic amines) is 1. The summed E-state index contributed by atoms with van der Waals surface area (Å²) < 4.78 is 11.8. The van der Waals surface area contributed by atoms with E-state index in [0.717, 1.165) is 42.7 Å². The Kier molecular flexibility index (Phi) is 4.76. The fourth-order valence-corrected chi connectivity index (χ4v) is 3.32. The van der Waals surface area contributed by atoms with Crippen LogP contribution >= 0.6 is 0 Å². The Morgan fingerprint density at radius 2 is 2.19 bits per heavy atom. The number of benzene rings is 1. The van der Waals surface area contributed by atoms with Crippen LogP contribution in [-0.2, 0) is 11.2 Å². The van der Waals surface area contributed by atoms with Crippen LogP contribution in [-0.4, -0.2) is 64.2 Å². The van der Waals surface area contributed by atoms with Gasteiger partial charge in [-0.25, -0.2) is 4.79 Å². The molecule has 3 heterocycles. The first-order chi connectivity index (χ1) is 13.2. The van der Waals surface area contributed by atoms with E-state index in [1.165, 1.54) is 7.11 Å².